The number of methoxy groups -OCH3 is 5. The van der Waals surface area contributed by atoms with E-state index in [0.717, 1.165) is 47.2 Å². The van der Waals surface area contributed by atoms with E-state index in [4.69, 9.17) is 23.7 Å². The van der Waals surface area contributed by atoms with Gasteiger partial charge in [-0.2, -0.15) is 0 Å². The van der Waals surface area contributed by atoms with E-state index in [9.17, 15) is 5.11 Å². The molecule has 1 saturated carbocycles. The topological polar surface area (TPSA) is 66.4 Å². The molecule has 3 aromatic carbocycles. The lowest BCUT2D eigenvalue weighted by molar-refractivity contribution is 0.380. The van der Waals surface area contributed by atoms with Gasteiger partial charge in [0.2, 0.25) is 0 Å². The van der Waals surface area contributed by atoms with E-state index in [-0.39, 0.29) is 5.41 Å². The van der Waals surface area contributed by atoms with Gasteiger partial charge in [0.1, 0.15) is 34.5 Å². The molecule has 192 valence electrons. The molecule has 0 heterocycles. The standard InChI is InChI=1S/C29H35O6P/c1-7-14-29(15-16-29)20-10-8-13-25(26(20)30)36(27-21(32-3)11-9-12-22(27)33-4)28-23(34-5)17-19(31-2)18-24(28)35-6/h8-13,17-18,30H,7,14-16H2,1-6H3. The van der Waals surface area contributed by atoms with Gasteiger partial charge in [-0.3, -0.25) is 0 Å². The highest BCUT2D eigenvalue weighted by Gasteiger charge is 2.46. The predicted molar refractivity (Wildman–Crippen MR) is 145 cm³/mol. The number of phenols is 1. The maximum atomic E-state index is 11.9. The van der Waals surface area contributed by atoms with Gasteiger partial charge < -0.3 is 28.8 Å². The number of rotatable bonds is 11. The molecular formula is C29H35O6P. The summed E-state index contributed by atoms with van der Waals surface area (Å²) in [7, 11) is 6.71. The summed E-state index contributed by atoms with van der Waals surface area (Å²) in [5, 5.41) is 14.3. The van der Waals surface area contributed by atoms with E-state index in [1.165, 1.54) is 0 Å². The van der Waals surface area contributed by atoms with Crippen LogP contribution in [0, 0.1) is 0 Å². The SMILES string of the molecule is CCCC1(c2cccc(P(c3c(OC)cccc3OC)c3c(OC)cc(OC)cc3OC)c2O)CC1. The molecule has 0 bridgehead atoms. The lowest BCUT2D eigenvalue weighted by Crippen LogP contribution is -2.27. The van der Waals surface area contributed by atoms with E-state index in [0.29, 0.717) is 34.5 Å². The summed E-state index contributed by atoms with van der Waals surface area (Å²) in [5.74, 6) is 3.48. The fourth-order valence-corrected chi connectivity index (χ4v) is 7.83. The molecule has 1 fully saturated rings. The molecule has 0 spiro atoms. The minimum Gasteiger partial charge on any atom is -0.507 e. The van der Waals surface area contributed by atoms with Crippen LogP contribution in [-0.2, 0) is 5.41 Å². The molecule has 1 aliphatic rings. The van der Waals surface area contributed by atoms with Crippen LogP contribution in [0.2, 0.25) is 0 Å². The number of phenolic OH excluding ortho intramolecular Hbond substituents is 1. The Kier molecular flexibility index (Phi) is 7.85. The molecule has 0 radical (unpaired) electrons. The second-order valence-corrected chi connectivity index (χ2v) is 11.0. The van der Waals surface area contributed by atoms with Gasteiger partial charge in [0, 0.05) is 30.9 Å². The van der Waals surface area contributed by atoms with Crippen molar-refractivity contribution in [2.45, 2.75) is 38.0 Å². The van der Waals surface area contributed by atoms with Crippen LogP contribution in [-0.4, -0.2) is 40.7 Å². The fourth-order valence-electron chi connectivity index (χ4n) is 5.04. The number of benzene rings is 3. The molecule has 0 aromatic heterocycles. The highest BCUT2D eigenvalue weighted by Crippen LogP contribution is 2.56. The zero-order valence-electron chi connectivity index (χ0n) is 21.9. The van der Waals surface area contributed by atoms with Gasteiger partial charge in [-0.1, -0.05) is 37.6 Å². The van der Waals surface area contributed by atoms with Crippen molar-refractivity contribution in [1.82, 2.24) is 0 Å². The largest absolute Gasteiger partial charge is 0.507 e. The molecule has 3 aromatic rings. The lowest BCUT2D eigenvalue weighted by Gasteiger charge is -2.28. The summed E-state index contributed by atoms with van der Waals surface area (Å²) in [6, 6.07) is 15.5. The zero-order chi connectivity index (χ0) is 25.9. The monoisotopic (exact) mass is 510 g/mol. The van der Waals surface area contributed by atoms with Gasteiger partial charge in [0.05, 0.1) is 46.2 Å². The average molecular weight is 511 g/mol. The van der Waals surface area contributed by atoms with Crippen molar-refractivity contribution < 1.29 is 28.8 Å². The van der Waals surface area contributed by atoms with E-state index in [1.54, 1.807) is 35.5 Å². The van der Waals surface area contributed by atoms with Crippen molar-refractivity contribution in [3.8, 4) is 34.5 Å². The Labute approximate surface area is 214 Å². The van der Waals surface area contributed by atoms with Crippen LogP contribution < -0.4 is 39.6 Å². The number of aromatic hydroxyl groups is 1. The first-order valence-electron chi connectivity index (χ1n) is 12.1. The summed E-state index contributed by atoms with van der Waals surface area (Å²) in [4.78, 5) is 0. The Morgan fingerprint density at radius 2 is 1.28 bits per heavy atom. The van der Waals surface area contributed by atoms with Crippen LogP contribution in [0.4, 0.5) is 0 Å². The lowest BCUT2D eigenvalue weighted by atomic mass is 9.90. The molecule has 1 aliphatic carbocycles. The van der Waals surface area contributed by atoms with E-state index >= 15 is 0 Å². The van der Waals surface area contributed by atoms with Crippen LogP contribution in [0.1, 0.15) is 38.2 Å². The Hall–Kier alpha value is -3.11. The van der Waals surface area contributed by atoms with Crippen LogP contribution in [0.5, 0.6) is 34.5 Å². The maximum absolute atomic E-state index is 11.9. The molecule has 0 amide bonds. The number of ether oxygens (including phenoxy) is 5. The molecule has 1 atom stereocenters. The smallest absolute Gasteiger partial charge is 0.134 e. The van der Waals surface area contributed by atoms with Crippen molar-refractivity contribution in [2.75, 3.05) is 35.5 Å². The highest BCUT2D eigenvalue weighted by molar-refractivity contribution is 7.80. The Balaban J connectivity index is 2.08. The quantitative estimate of drug-likeness (QED) is 0.365. The summed E-state index contributed by atoms with van der Waals surface area (Å²) < 4.78 is 29.0. The van der Waals surface area contributed by atoms with Gasteiger partial charge in [0.15, 0.2) is 0 Å². The van der Waals surface area contributed by atoms with Crippen molar-refractivity contribution in [3.05, 3.63) is 54.1 Å². The molecule has 0 aliphatic heterocycles. The Morgan fingerprint density at radius 3 is 1.75 bits per heavy atom. The van der Waals surface area contributed by atoms with Crippen LogP contribution in [0.3, 0.4) is 0 Å². The second kappa shape index (κ2) is 10.9. The number of hydrogen-bond acceptors (Lipinski definition) is 6. The summed E-state index contributed by atoms with van der Waals surface area (Å²) in [6.45, 7) is 2.20. The zero-order valence-corrected chi connectivity index (χ0v) is 22.8. The minimum absolute atomic E-state index is 0.0365. The van der Waals surface area contributed by atoms with Gasteiger partial charge in [-0.25, -0.2) is 0 Å². The van der Waals surface area contributed by atoms with E-state index in [2.05, 4.69) is 13.0 Å². The Morgan fingerprint density at radius 1 is 0.750 bits per heavy atom. The van der Waals surface area contributed by atoms with Crippen molar-refractivity contribution in [2.24, 2.45) is 0 Å². The second-order valence-electron chi connectivity index (χ2n) is 8.93. The average Bonchev–Trinajstić information content (AvgIpc) is 3.69. The van der Waals surface area contributed by atoms with Gasteiger partial charge in [-0.15, -0.1) is 0 Å². The Bertz CT molecular complexity index is 1170. The predicted octanol–water partition coefficient (Wildman–Crippen LogP) is 5.03. The number of para-hydroxylation sites is 1. The molecule has 1 unspecified atom stereocenters. The third-order valence-electron chi connectivity index (χ3n) is 6.95. The van der Waals surface area contributed by atoms with E-state index < -0.39 is 7.92 Å². The first-order valence-corrected chi connectivity index (χ1v) is 13.5. The first kappa shape index (κ1) is 26.0. The van der Waals surface area contributed by atoms with Gasteiger partial charge >= 0.3 is 0 Å². The third kappa shape index (κ3) is 4.55. The van der Waals surface area contributed by atoms with Crippen molar-refractivity contribution in [3.63, 3.8) is 0 Å². The van der Waals surface area contributed by atoms with Gasteiger partial charge in [-0.05, 0) is 36.8 Å². The summed E-state index contributed by atoms with van der Waals surface area (Å²) in [5.41, 5.74) is 1.05. The van der Waals surface area contributed by atoms with E-state index in [1.807, 2.05) is 42.5 Å². The molecular weight excluding hydrogens is 475 g/mol. The van der Waals surface area contributed by atoms with Crippen LogP contribution in [0.15, 0.2) is 48.5 Å². The van der Waals surface area contributed by atoms with Crippen LogP contribution in [0.25, 0.3) is 0 Å². The van der Waals surface area contributed by atoms with Crippen molar-refractivity contribution >= 4 is 23.8 Å². The van der Waals surface area contributed by atoms with Crippen molar-refractivity contribution in [1.29, 1.82) is 0 Å². The fraction of sp³-hybridized carbons (Fsp3) is 0.379. The highest BCUT2D eigenvalue weighted by atomic mass is 31.1. The maximum Gasteiger partial charge on any atom is 0.134 e. The molecule has 1 N–H and O–H groups in total. The van der Waals surface area contributed by atoms with Gasteiger partial charge in [0.25, 0.3) is 0 Å². The van der Waals surface area contributed by atoms with Crippen LogP contribution >= 0.6 is 7.92 Å². The minimum atomic E-state index is -1.44. The molecule has 0 saturated heterocycles. The summed E-state index contributed by atoms with van der Waals surface area (Å²) >= 11 is 0. The third-order valence-corrected chi connectivity index (χ3v) is 9.57. The molecule has 7 heteroatoms. The number of hydrogen-bond donors (Lipinski definition) is 1. The normalized spacial score (nSPS) is 14.6. The molecule has 36 heavy (non-hydrogen) atoms. The summed E-state index contributed by atoms with van der Waals surface area (Å²) in [6.07, 6.45) is 4.29. The first-order chi connectivity index (χ1) is 17.5. The molecule has 4 rings (SSSR count). The molecule has 6 nitrogen and oxygen atoms in total.